The molecule has 2 aliphatic rings. The second-order valence-electron chi connectivity index (χ2n) is 7.57. The molecular weight excluding hydrogens is 356 g/mol. The minimum atomic E-state index is 0.425. The summed E-state index contributed by atoms with van der Waals surface area (Å²) in [5.74, 6) is 1.75. The van der Waals surface area contributed by atoms with Crippen molar-refractivity contribution >= 4 is 17.3 Å². The Labute approximate surface area is 167 Å². The molecule has 150 valence electrons. The predicted molar refractivity (Wildman–Crippen MR) is 115 cm³/mol. The van der Waals surface area contributed by atoms with Crippen LogP contribution in [0.25, 0.3) is 0 Å². The van der Waals surface area contributed by atoms with Gasteiger partial charge in [0.1, 0.15) is 0 Å². The third-order valence-electron chi connectivity index (χ3n) is 5.61. The van der Waals surface area contributed by atoms with E-state index in [0.717, 1.165) is 51.0 Å². The first-order chi connectivity index (χ1) is 13.3. The summed E-state index contributed by atoms with van der Waals surface area (Å²) < 4.78 is 5.38. The fourth-order valence-corrected chi connectivity index (χ4v) is 4.64. The summed E-state index contributed by atoms with van der Waals surface area (Å²) in [6.07, 6.45) is 6.93. The number of likely N-dealkylation sites (tertiary alicyclic amines) is 1. The molecule has 6 heteroatoms. The summed E-state index contributed by atoms with van der Waals surface area (Å²) in [7, 11) is 1.85. The SMILES string of the molecule is CN=C(NCCC1=CCOCC1)NCC(c1cccs1)N1CCC(C)CC1. The summed E-state index contributed by atoms with van der Waals surface area (Å²) in [4.78, 5) is 8.50. The van der Waals surface area contributed by atoms with E-state index in [1.165, 1.54) is 36.4 Å². The first-order valence-electron chi connectivity index (χ1n) is 10.2. The first-order valence-corrected chi connectivity index (χ1v) is 11.1. The fourth-order valence-electron chi connectivity index (χ4n) is 3.78. The highest BCUT2D eigenvalue weighted by Gasteiger charge is 2.25. The lowest BCUT2D eigenvalue weighted by molar-refractivity contribution is 0.140. The molecule has 0 bridgehead atoms. The standard InChI is InChI=1S/C21H34N4OS/c1-17-6-11-25(12-7-17)19(20-4-3-15-27-20)16-24-21(22-2)23-10-5-18-8-13-26-14-9-18/h3-4,8,15,17,19H,5-7,9-14,16H2,1-2H3,(H2,22,23,24). The van der Waals surface area contributed by atoms with E-state index in [4.69, 9.17) is 4.74 Å². The Bertz CT molecular complexity index is 606. The van der Waals surface area contributed by atoms with Crippen molar-refractivity contribution in [2.45, 2.75) is 38.6 Å². The second kappa shape index (κ2) is 10.8. The van der Waals surface area contributed by atoms with Gasteiger partial charge in [-0.05, 0) is 56.1 Å². The lowest BCUT2D eigenvalue weighted by Crippen LogP contribution is -2.45. The van der Waals surface area contributed by atoms with Gasteiger partial charge in [0, 0.05) is 25.0 Å². The van der Waals surface area contributed by atoms with Crippen molar-refractivity contribution in [2.24, 2.45) is 10.9 Å². The Hall–Kier alpha value is -1.37. The molecule has 0 aromatic carbocycles. The van der Waals surface area contributed by atoms with Crippen LogP contribution in [-0.4, -0.2) is 57.3 Å². The zero-order valence-electron chi connectivity index (χ0n) is 16.7. The van der Waals surface area contributed by atoms with Crippen LogP contribution in [0.5, 0.6) is 0 Å². The third kappa shape index (κ3) is 6.33. The Morgan fingerprint density at radius 1 is 1.37 bits per heavy atom. The quantitative estimate of drug-likeness (QED) is 0.425. The van der Waals surface area contributed by atoms with Gasteiger partial charge in [0.2, 0.25) is 0 Å². The zero-order valence-corrected chi connectivity index (χ0v) is 17.6. The Kier molecular flexibility index (Phi) is 8.17. The van der Waals surface area contributed by atoms with Gasteiger partial charge < -0.3 is 15.4 Å². The fraction of sp³-hybridized carbons (Fsp3) is 0.667. The van der Waals surface area contributed by atoms with E-state index in [2.05, 4.69) is 51.0 Å². The molecule has 1 fully saturated rings. The van der Waals surface area contributed by atoms with E-state index in [9.17, 15) is 0 Å². The van der Waals surface area contributed by atoms with Gasteiger partial charge in [-0.1, -0.05) is 24.6 Å². The molecule has 1 saturated heterocycles. The van der Waals surface area contributed by atoms with Crippen LogP contribution in [0.1, 0.15) is 43.5 Å². The zero-order chi connectivity index (χ0) is 18.9. The number of piperidine rings is 1. The monoisotopic (exact) mass is 390 g/mol. The van der Waals surface area contributed by atoms with E-state index in [0.29, 0.717) is 6.04 Å². The molecule has 0 saturated carbocycles. The highest BCUT2D eigenvalue weighted by Crippen LogP contribution is 2.29. The average molecular weight is 391 g/mol. The molecule has 1 unspecified atom stereocenters. The van der Waals surface area contributed by atoms with E-state index < -0.39 is 0 Å². The Morgan fingerprint density at radius 2 is 2.22 bits per heavy atom. The molecule has 0 amide bonds. The molecule has 3 heterocycles. The summed E-state index contributed by atoms with van der Waals surface area (Å²) in [6.45, 7) is 8.17. The van der Waals surface area contributed by atoms with Gasteiger partial charge in [0.25, 0.3) is 0 Å². The number of ether oxygens (including phenoxy) is 1. The Balaban J connectivity index is 1.49. The molecule has 1 aromatic rings. The normalized spacial score (nSPS) is 21.0. The number of aliphatic imine (C=N–C) groups is 1. The molecule has 0 radical (unpaired) electrons. The summed E-state index contributed by atoms with van der Waals surface area (Å²) in [5, 5.41) is 9.22. The van der Waals surface area contributed by atoms with Crippen molar-refractivity contribution in [1.29, 1.82) is 0 Å². The number of guanidine groups is 1. The van der Waals surface area contributed by atoms with Crippen LogP contribution in [0.4, 0.5) is 0 Å². The van der Waals surface area contributed by atoms with Crippen molar-refractivity contribution in [2.75, 3.05) is 46.4 Å². The molecule has 1 atom stereocenters. The van der Waals surface area contributed by atoms with Crippen LogP contribution in [0, 0.1) is 5.92 Å². The lowest BCUT2D eigenvalue weighted by atomic mass is 9.97. The highest BCUT2D eigenvalue weighted by molar-refractivity contribution is 7.10. The maximum Gasteiger partial charge on any atom is 0.191 e. The molecule has 3 rings (SSSR count). The van der Waals surface area contributed by atoms with Gasteiger partial charge in [-0.25, -0.2) is 0 Å². The van der Waals surface area contributed by atoms with Crippen LogP contribution in [0.15, 0.2) is 34.2 Å². The number of rotatable bonds is 7. The maximum atomic E-state index is 5.38. The average Bonchev–Trinajstić information content (AvgIpc) is 3.23. The van der Waals surface area contributed by atoms with Crippen LogP contribution in [0.3, 0.4) is 0 Å². The topological polar surface area (TPSA) is 48.9 Å². The van der Waals surface area contributed by atoms with E-state index in [1.54, 1.807) is 0 Å². The molecule has 0 aliphatic carbocycles. The predicted octanol–water partition coefficient (Wildman–Crippen LogP) is 3.42. The number of hydrogen-bond donors (Lipinski definition) is 2. The molecule has 5 nitrogen and oxygen atoms in total. The first kappa shape index (κ1) is 20.4. The highest BCUT2D eigenvalue weighted by atomic mass is 32.1. The van der Waals surface area contributed by atoms with Crippen molar-refractivity contribution < 1.29 is 4.74 Å². The molecule has 2 N–H and O–H groups in total. The van der Waals surface area contributed by atoms with Gasteiger partial charge in [0.05, 0.1) is 19.3 Å². The number of hydrogen-bond acceptors (Lipinski definition) is 4. The van der Waals surface area contributed by atoms with Crippen LogP contribution in [-0.2, 0) is 4.74 Å². The van der Waals surface area contributed by atoms with Crippen molar-refractivity contribution in [3.05, 3.63) is 34.0 Å². The van der Waals surface area contributed by atoms with Crippen LogP contribution >= 0.6 is 11.3 Å². The number of nitrogens with zero attached hydrogens (tertiary/aromatic N) is 2. The smallest absolute Gasteiger partial charge is 0.191 e. The van der Waals surface area contributed by atoms with Crippen molar-refractivity contribution in [3.63, 3.8) is 0 Å². The van der Waals surface area contributed by atoms with E-state index >= 15 is 0 Å². The molecule has 2 aliphatic heterocycles. The van der Waals surface area contributed by atoms with Crippen LogP contribution in [0.2, 0.25) is 0 Å². The maximum absolute atomic E-state index is 5.38. The van der Waals surface area contributed by atoms with Gasteiger partial charge in [-0.2, -0.15) is 0 Å². The molecule has 27 heavy (non-hydrogen) atoms. The van der Waals surface area contributed by atoms with Crippen molar-refractivity contribution in [1.82, 2.24) is 15.5 Å². The molecular formula is C21H34N4OS. The molecule has 1 aromatic heterocycles. The van der Waals surface area contributed by atoms with Gasteiger partial charge in [0.15, 0.2) is 5.96 Å². The largest absolute Gasteiger partial charge is 0.377 e. The van der Waals surface area contributed by atoms with Gasteiger partial charge in [-0.15, -0.1) is 11.3 Å². The van der Waals surface area contributed by atoms with Gasteiger partial charge in [-0.3, -0.25) is 9.89 Å². The van der Waals surface area contributed by atoms with Crippen molar-refractivity contribution in [3.8, 4) is 0 Å². The third-order valence-corrected chi connectivity index (χ3v) is 6.59. The van der Waals surface area contributed by atoms with E-state index in [-0.39, 0.29) is 0 Å². The number of nitrogens with one attached hydrogen (secondary N) is 2. The molecule has 0 spiro atoms. The van der Waals surface area contributed by atoms with E-state index in [1.807, 2.05) is 18.4 Å². The summed E-state index contributed by atoms with van der Waals surface area (Å²) in [6, 6.07) is 4.85. The summed E-state index contributed by atoms with van der Waals surface area (Å²) >= 11 is 1.86. The van der Waals surface area contributed by atoms with Gasteiger partial charge >= 0.3 is 0 Å². The second-order valence-corrected chi connectivity index (χ2v) is 8.55. The lowest BCUT2D eigenvalue weighted by Gasteiger charge is -2.36. The summed E-state index contributed by atoms with van der Waals surface area (Å²) in [5.41, 5.74) is 1.49. The minimum absolute atomic E-state index is 0.425. The van der Waals surface area contributed by atoms with Crippen LogP contribution < -0.4 is 10.6 Å². The minimum Gasteiger partial charge on any atom is -0.377 e. The number of thiophene rings is 1. The Morgan fingerprint density at radius 3 is 2.89 bits per heavy atom.